The van der Waals surface area contributed by atoms with E-state index in [0.29, 0.717) is 5.69 Å². The van der Waals surface area contributed by atoms with Crippen LogP contribution in [0.5, 0.6) is 0 Å². The fourth-order valence-corrected chi connectivity index (χ4v) is 1.86. The average Bonchev–Trinajstić information content (AvgIpc) is 2.41. The highest BCUT2D eigenvalue weighted by atomic mass is 127. The van der Waals surface area contributed by atoms with Crippen molar-refractivity contribution in [1.29, 1.82) is 5.26 Å². The van der Waals surface area contributed by atoms with E-state index in [2.05, 4.69) is 27.9 Å². The fraction of sp³-hybridized carbons (Fsp3) is 0. The van der Waals surface area contributed by atoms with Gasteiger partial charge in [-0.15, -0.1) is 0 Å². The first-order chi connectivity index (χ1) is 9.10. The molecule has 0 aliphatic heterocycles. The molecule has 2 aromatic carbocycles. The number of nitrogens with zero attached hydrogens (tertiary/aromatic N) is 1. The molecule has 0 saturated carbocycles. The Balaban J connectivity index is 2.21. The smallest absolute Gasteiger partial charge is 0.258 e. The Morgan fingerprint density at radius 1 is 1.21 bits per heavy atom. The molecule has 2 aromatic rings. The minimum Gasteiger partial charge on any atom is -0.322 e. The number of nitriles is 1. The molecule has 2 rings (SSSR count). The zero-order valence-electron chi connectivity index (χ0n) is 9.65. The molecule has 0 aliphatic rings. The second-order valence-electron chi connectivity index (χ2n) is 3.77. The van der Waals surface area contributed by atoms with Crippen molar-refractivity contribution in [1.82, 2.24) is 0 Å². The van der Waals surface area contributed by atoms with Crippen molar-refractivity contribution in [2.75, 3.05) is 5.32 Å². The summed E-state index contributed by atoms with van der Waals surface area (Å²) in [5.41, 5.74) is 0.690. The highest BCUT2D eigenvalue weighted by Crippen LogP contribution is 2.15. The van der Waals surface area contributed by atoms with Crippen LogP contribution in [0.3, 0.4) is 0 Å². The van der Waals surface area contributed by atoms with Crippen LogP contribution in [0.4, 0.5) is 10.1 Å². The molecular formula is C14H8FIN2O. The van der Waals surface area contributed by atoms with Gasteiger partial charge in [-0.3, -0.25) is 4.79 Å². The molecule has 5 heteroatoms. The van der Waals surface area contributed by atoms with Gasteiger partial charge in [-0.1, -0.05) is 0 Å². The van der Waals surface area contributed by atoms with Crippen LogP contribution in [0.15, 0.2) is 42.5 Å². The zero-order valence-corrected chi connectivity index (χ0v) is 11.8. The van der Waals surface area contributed by atoms with Gasteiger partial charge in [0.15, 0.2) is 0 Å². The van der Waals surface area contributed by atoms with E-state index in [1.54, 1.807) is 12.1 Å². The van der Waals surface area contributed by atoms with Crippen molar-refractivity contribution < 1.29 is 9.18 Å². The standard InChI is InChI=1S/C14H8FIN2O/c15-13-7-9(8-17)1-6-12(13)14(19)18-11-4-2-10(16)3-5-11/h1-7H,(H,18,19). The van der Waals surface area contributed by atoms with Gasteiger partial charge in [0, 0.05) is 9.26 Å². The summed E-state index contributed by atoms with van der Waals surface area (Å²) in [6.07, 6.45) is 0. The molecule has 0 aliphatic carbocycles. The molecule has 3 nitrogen and oxygen atoms in total. The first kappa shape index (κ1) is 13.5. The number of benzene rings is 2. The number of carbonyl (C=O) groups excluding carboxylic acids is 1. The number of halogens is 2. The highest BCUT2D eigenvalue weighted by Gasteiger charge is 2.12. The Hall–Kier alpha value is -1.94. The minimum absolute atomic E-state index is 0.0856. The van der Waals surface area contributed by atoms with Crippen LogP contribution < -0.4 is 5.32 Å². The van der Waals surface area contributed by atoms with E-state index < -0.39 is 11.7 Å². The maximum atomic E-state index is 13.6. The maximum absolute atomic E-state index is 13.6. The maximum Gasteiger partial charge on any atom is 0.258 e. The van der Waals surface area contributed by atoms with E-state index in [0.717, 1.165) is 9.64 Å². The van der Waals surface area contributed by atoms with Gasteiger partial charge in [-0.05, 0) is 65.1 Å². The topological polar surface area (TPSA) is 52.9 Å². The number of hydrogen-bond acceptors (Lipinski definition) is 2. The molecule has 0 saturated heterocycles. The third-order valence-electron chi connectivity index (χ3n) is 2.44. The monoisotopic (exact) mass is 366 g/mol. The molecule has 0 aromatic heterocycles. The second-order valence-corrected chi connectivity index (χ2v) is 5.01. The lowest BCUT2D eigenvalue weighted by atomic mass is 10.1. The van der Waals surface area contributed by atoms with Crippen molar-refractivity contribution in [2.24, 2.45) is 0 Å². The number of rotatable bonds is 2. The summed E-state index contributed by atoms with van der Waals surface area (Å²) in [6.45, 7) is 0. The van der Waals surface area contributed by atoms with Crippen molar-refractivity contribution in [3.8, 4) is 6.07 Å². The summed E-state index contributed by atoms with van der Waals surface area (Å²) >= 11 is 2.15. The fourth-order valence-electron chi connectivity index (χ4n) is 1.50. The van der Waals surface area contributed by atoms with Gasteiger partial charge in [0.1, 0.15) is 5.82 Å². The van der Waals surface area contributed by atoms with E-state index in [9.17, 15) is 9.18 Å². The molecule has 0 heterocycles. The van der Waals surface area contributed by atoms with Gasteiger partial charge in [0.25, 0.3) is 5.91 Å². The Morgan fingerprint density at radius 2 is 1.89 bits per heavy atom. The van der Waals surface area contributed by atoms with Gasteiger partial charge < -0.3 is 5.32 Å². The summed E-state index contributed by atoms with van der Waals surface area (Å²) in [4.78, 5) is 11.9. The molecule has 1 N–H and O–H groups in total. The number of amides is 1. The van der Waals surface area contributed by atoms with Gasteiger partial charge in [0.05, 0.1) is 17.2 Å². The molecule has 19 heavy (non-hydrogen) atoms. The zero-order chi connectivity index (χ0) is 13.8. The number of nitrogens with one attached hydrogen (secondary N) is 1. The van der Waals surface area contributed by atoms with Crippen LogP contribution in [0, 0.1) is 20.7 Å². The van der Waals surface area contributed by atoms with E-state index in [-0.39, 0.29) is 11.1 Å². The van der Waals surface area contributed by atoms with Crippen molar-refractivity contribution >= 4 is 34.2 Å². The van der Waals surface area contributed by atoms with E-state index in [1.165, 1.54) is 12.1 Å². The predicted octanol–water partition coefficient (Wildman–Crippen LogP) is 3.55. The van der Waals surface area contributed by atoms with Crippen LogP contribution in [-0.4, -0.2) is 5.91 Å². The van der Waals surface area contributed by atoms with Crippen molar-refractivity contribution in [2.45, 2.75) is 0 Å². The number of anilines is 1. The molecule has 0 atom stereocenters. The molecule has 0 radical (unpaired) electrons. The first-order valence-corrected chi connectivity index (χ1v) is 6.44. The third kappa shape index (κ3) is 3.29. The molecule has 0 spiro atoms. The van der Waals surface area contributed by atoms with Crippen LogP contribution in [0.2, 0.25) is 0 Å². The van der Waals surface area contributed by atoms with E-state index >= 15 is 0 Å². The Bertz CT molecular complexity index is 662. The van der Waals surface area contributed by atoms with Crippen LogP contribution in [-0.2, 0) is 0 Å². The van der Waals surface area contributed by atoms with Gasteiger partial charge in [0.2, 0.25) is 0 Å². The lowest BCUT2D eigenvalue weighted by Crippen LogP contribution is -2.13. The third-order valence-corrected chi connectivity index (χ3v) is 3.16. The van der Waals surface area contributed by atoms with Crippen LogP contribution >= 0.6 is 22.6 Å². The largest absolute Gasteiger partial charge is 0.322 e. The quantitative estimate of drug-likeness (QED) is 0.827. The van der Waals surface area contributed by atoms with Gasteiger partial charge in [-0.2, -0.15) is 5.26 Å². The molecule has 1 amide bonds. The molecule has 0 fully saturated rings. The van der Waals surface area contributed by atoms with E-state index in [4.69, 9.17) is 5.26 Å². The van der Waals surface area contributed by atoms with Crippen molar-refractivity contribution in [3.63, 3.8) is 0 Å². The van der Waals surface area contributed by atoms with Crippen molar-refractivity contribution in [3.05, 3.63) is 63.0 Å². The highest BCUT2D eigenvalue weighted by molar-refractivity contribution is 14.1. The summed E-state index contributed by atoms with van der Waals surface area (Å²) in [5.74, 6) is -1.25. The number of carbonyl (C=O) groups is 1. The van der Waals surface area contributed by atoms with Crippen LogP contribution in [0.25, 0.3) is 0 Å². The molecule has 0 unspecified atom stereocenters. The summed E-state index contributed by atoms with van der Waals surface area (Å²) in [7, 11) is 0. The van der Waals surface area contributed by atoms with E-state index in [1.807, 2.05) is 18.2 Å². The lowest BCUT2D eigenvalue weighted by Gasteiger charge is -2.06. The number of hydrogen-bond donors (Lipinski definition) is 1. The Morgan fingerprint density at radius 3 is 2.47 bits per heavy atom. The van der Waals surface area contributed by atoms with Crippen LogP contribution in [0.1, 0.15) is 15.9 Å². The van der Waals surface area contributed by atoms with Gasteiger partial charge in [-0.25, -0.2) is 4.39 Å². The minimum atomic E-state index is -0.706. The lowest BCUT2D eigenvalue weighted by molar-refractivity contribution is 0.102. The molecule has 0 bridgehead atoms. The molecular weight excluding hydrogens is 358 g/mol. The first-order valence-electron chi connectivity index (χ1n) is 5.37. The average molecular weight is 366 g/mol. The predicted molar refractivity (Wildman–Crippen MR) is 78.2 cm³/mol. The normalized spacial score (nSPS) is 9.74. The summed E-state index contributed by atoms with van der Waals surface area (Å²) < 4.78 is 14.7. The Labute approximate surface area is 123 Å². The SMILES string of the molecule is N#Cc1ccc(C(=O)Nc2ccc(I)cc2)c(F)c1. The molecule has 94 valence electrons. The van der Waals surface area contributed by atoms with Gasteiger partial charge >= 0.3 is 0 Å². The Kier molecular flexibility index (Phi) is 4.12. The summed E-state index contributed by atoms with van der Waals surface area (Å²) in [5, 5.41) is 11.2. The summed E-state index contributed by atoms with van der Waals surface area (Å²) in [6, 6.07) is 12.7. The second kappa shape index (κ2) is 5.80.